The van der Waals surface area contributed by atoms with Crippen molar-refractivity contribution in [1.82, 2.24) is 10.1 Å². The lowest BCUT2D eigenvalue weighted by molar-refractivity contribution is 0.229. The molecule has 1 aromatic carbocycles. The molecule has 1 aliphatic carbocycles. The Labute approximate surface area is 120 Å². The van der Waals surface area contributed by atoms with Crippen LogP contribution >= 0.6 is 23.4 Å². The average Bonchev–Trinajstić information content (AvgIpc) is 2.86. The van der Waals surface area contributed by atoms with Gasteiger partial charge in [-0.3, -0.25) is 0 Å². The van der Waals surface area contributed by atoms with E-state index in [0.29, 0.717) is 16.7 Å². The molecule has 19 heavy (non-hydrogen) atoms. The van der Waals surface area contributed by atoms with Gasteiger partial charge in [0.2, 0.25) is 0 Å². The molecule has 1 saturated carbocycles. The second-order valence-corrected chi connectivity index (χ2v) is 6.07. The molecule has 0 amide bonds. The minimum atomic E-state index is -0.411. The van der Waals surface area contributed by atoms with Gasteiger partial charge in [-0.2, -0.15) is 4.98 Å². The fourth-order valence-electron chi connectivity index (χ4n) is 2.11. The molecule has 0 aliphatic heterocycles. The zero-order valence-corrected chi connectivity index (χ0v) is 12.1. The van der Waals surface area contributed by atoms with Gasteiger partial charge in [-0.05, 0) is 43.7 Å². The second-order valence-electron chi connectivity index (χ2n) is 4.78. The summed E-state index contributed by atoms with van der Waals surface area (Å²) in [5.41, 5.74) is 6.54. The predicted molar refractivity (Wildman–Crippen MR) is 76.2 cm³/mol. The van der Waals surface area contributed by atoms with Gasteiger partial charge in [0.25, 0.3) is 5.89 Å². The highest BCUT2D eigenvalue weighted by Gasteiger charge is 2.39. The molecule has 1 heterocycles. The van der Waals surface area contributed by atoms with Crippen molar-refractivity contribution in [3.8, 4) is 11.5 Å². The summed E-state index contributed by atoms with van der Waals surface area (Å²) in [6.45, 7) is 0. The lowest BCUT2D eigenvalue weighted by Crippen LogP contribution is -2.44. The van der Waals surface area contributed by atoms with Gasteiger partial charge in [-0.25, -0.2) is 0 Å². The third-order valence-electron chi connectivity index (χ3n) is 3.52. The number of halogens is 1. The Kier molecular flexibility index (Phi) is 3.28. The Bertz CT molecular complexity index is 610. The maximum atomic E-state index is 6.19. The highest BCUT2D eigenvalue weighted by Crippen LogP contribution is 2.38. The maximum Gasteiger partial charge on any atom is 0.259 e. The summed E-state index contributed by atoms with van der Waals surface area (Å²) in [5.74, 6) is 1.02. The smallest absolute Gasteiger partial charge is 0.259 e. The third-order valence-corrected chi connectivity index (χ3v) is 4.58. The molecule has 4 nitrogen and oxygen atoms in total. The fourth-order valence-corrected chi connectivity index (χ4v) is 2.75. The first kappa shape index (κ1) is 13.0. The molecule has 0 spiro atoms. The number of rotatable bonds is 3. The van der Waals surface area contributed by atoms with Crippen molar-refractivity contribution in [1.29, 1.82) is 0 Å². The van der Waals surface area contributed by atoms with Crippen molar-refractivity contribution < 1.29 is 4.52 Å². The van der Waals surface area contributed by atoms with Crippen LogP contribution in [-0.4, -0.2) is 16.4 Å². The van der Waals surface area contributed by atoms with Crippen LogP contribution < -0.4 is 5.73 Å². The summed E-state index contributed by atoms with van der Waals surface area (Å²) < 4.78 is 5.32. The Morgan fingerprint density at radius 1 is 1.42 bits per heavy atom. The van der Waals surface area contributed by atoms with Gasteiger partial charge in [-0.15, -0.1) is 11.8 Å². The highest BCUT2D eigenvalue weighted by atomic mass is 35.5. The number of aromatic nitrogens is 2. The molecule has 0 saturated heterocycles. The normalized spacial score (nSPS) is 17.2. The van der Waals surface area contributed by atoms with Gasteiger partial charge >= 0.3 is 0 Å². The van der Waals surface area contributed by atoms with Gasteiger partial charge in [0.1, 0.15) is 0 Å². The molecular weight excluding hydrogens is 282 g/mol. The van der Waals surface area contributed by atoms with Crippen molar-refractivity contribution in [2.24, 2.45) is 5.73 Å². The minimum absolute atomic E-state index is 0.411. The molecule has 0 bridgehead atoms. The van der Waals surface area contributed by atoms with E-state index in [1.54, 1.807) is 11.8 Å². The van der Waals surface area contributed by atoms with E-state index >= 15 is 0 Å². The van der Waals surface area contributed by atoms with Crippen LogP contribution in [0.2, 0.25) is 5.02 Å². The lowest BCUT2D eigenvalue weighted by atomic mass is 9.77. The van der Waals surface area contributed by atoms with E-state index in [4.69, 9.17) is 21.9 Å². The zero-order chi connectivity index (χ0) is 13.5. The van der Waals surface area contributed by atoms with Gasteiger partial charge in [0, 0.05) is 4.90 Å². The van der Waals surface area contributed by atoms with Crippen molar-refractivity contribution in [3.05, 3.63) is 29.0 Å². The second kappa shape index (κ2) is 4.81. The summed E-state index contributed by atoms with van der Waals surface area (Å²) in [7, 11) is 0. The molecular formula is C13H14ClN3OS. The molecule has 1 aromatic heterocycles. The SMILES string of the molecule is CSc1ccc(Cl)c(-c2nc(C3(N)CCC3)no2)c1. The standard InChI is InChI=1S/C13H14ClN3OS/c1-19-8-3-4-10(14)9(7-8)11-16-12(17-18-11)13(15)5-2-6-13/h3-4,7H,2,5-6,15H2,1H3. The summed E-state index contributed by atoms with van der Waals surface area (Å²) in [5, 5.41) is 4.61. The first-order chi connectivity index (χ1) is 9.12. The number of benzene rings is 1. The van der Waals surface area contributed by atoms with Crippen LogP contribution in [0.15, 0.2) is 27.6 Å². The molecule has 100 valence electrons. The van der Waals surface area contributed by atoms with Crippen LogP contribution in [0.5, 0.6) is 0 Å². The fraction of sp³-hybridized carbons (Fsp3) is 0.385. The van der Waals surface area contributed by atoms with Crippen LogP contribution in [0.25, 0.3) is 11.5 Å². The third kappa shape index (κ3) is 2.26. The number of hydrogen-bond acceptors (Lipinski definition) is 5. The highest BCUT2D eigenvalue weighted by molar-refractivity contribution is 7.98. The quantitative estimate of drug-likeness (QED) is 0.879. The van der Waals surface area contributed by atoms with Crippen LogP contribution in [0, 0.1) is 0 Å². The average molecular weight is 296 g/mol. The van der Waals surface area contributed by atoms with Crippen LogP contribution in [0.3, 0.4) is 0 Å². The topological polar surface area (TPSA) is 64.9 Å². The van der Waals surface area contributed by atoms with E-state index in [9.17, 15) is 0 Å². The first-order valence-electron chi connectivity index (χ1n) is 6.09. The van der Waals surface area contributed by atoms with Crippen LogP contribution in [0.4, 0.5) is 0 Å². The van der Waals surface area contributed by atoms with Gasteiger partial charge in [0.15, 0.2) is 5.82 Å². The molecule has 1 fully saturated rings. The molecule has 0 atom stereocenters. The van der Waals surface area contributed by atoms with Crippen molar-refractivity contribution >= 4 is 23.4 Å². The molecule has 2 aromatic rings. The Hall–Kier alpha value is -1.04. The molecule has 0 unspecified atom stereocenters. The van der Waals surface area contributed by atoms with E-state index in [0.717, 1.165) is 29.7 Å². The van der Waals surface area contributed by atoms with Crippen molar-refractivity contribution in [2.75, 3.05) is 6.26 Å². The first-order valence-corrected chi connectivity index (χ1v) is 7.70. The Morgan fingerprint density at radius 3 is 2.84 bits per heavy atom. The van der Waals surface area contributed by atoms with E-state index in [2.05, 4.69) is 10.1 Å². The van der Waals surface area contributed by atoms with Gasteiger partial charge < -0.3 is 10.3 Å². The number of thioether (sulfide) groups is 1. The molecule has 3 rings (SSSR count). The number of nitrogens with zero attached hydrogens (tertiary/aromatic N) is 2. The molecule has 2 N–H and O–H groups in total. The molecule has 1 aliphatic rings. The number of nitrogens with two attached hydrogens (primary N) is 1. The van der Waals surface area contributed by atoms with Crippen LogP contribution in [0.1, 0.15) is 25.1 Å². The van der Waals surface area contributed by atoms with Crippen molar-refractivity contribution in [3.63, 3.8) is 0 Å². The summed E-state index contributed by atoms with van der Waals surface area (Å²) in [6.07, 6.45) is 4.94. The summed E-state index contributed by atoms with van der Waals surface area (Å²) in [4.78, 5) is 5.52. The molecule has 0 radical (unpaired) electrons. The van der Waals surface area contributed by atoms with Gasteiger partial charge in [0.05, 0.1) is 16.1 Å². The lowest BCUT2D eigenvalue weighted by Gasteiger charge is -2.34. The maximum absolute atomic E-state index is 6.19. The largest absolute Gasteiger partial charge is 0.334 e. The van der Waals surface area contributed by atoms with E-state index in [1.807, 2.05) is 24.5 Å². The predicted octanol–water partition coefficient (Wildman–Crippen LogP) is 3.45. The van der Waals surface area contributed by atoms with E-state index < -0.39 is 5.54 Å². The summed E-state index contributed by atoms with van der Waals surface area (Å²) in [6, 6.07) is 5.76. The number of hydrogen-bond donors (Lipinski definition) is 1. The Balaban J connectivity index is 1.98. The van der Waals surface area contributed by atoms with Crippen LogP contribution in [-0.2, 0) is 5.54 Å². The molecule has 6 heteroatoms. The summed E-state index contributed by atoms with van der Waals surface area (Å²) >= 11 is 7.83. The van der Waals surface area contributed by atoms with Crippen molar-refractivity contribution in [2.45, 2.75) is 29.7 Å². The van der Waals surface area contributed by atoms with Gasteiger partial charge in [-0.1, -0.05) is 16.8 Å². The Morgan fingerprint density at radius 2 is 2.21 bits per heavy atom. The monoisotopic (exact) mass is 295 g/mol. The minimum Gasteiger partial charge on any atom is -0.334 e. The van der Waals surface area contributed by atoms with E-state index in [1.165, 1.54) is 0 Å². The van der Waals surface area contributed by atoms with E-state index in [-0.39, 0.29) is 0 Å². The zero-order valence-electron chi connectivity index (χ0n) is 10.5.